The molecule has 0 aromatic heterocycles. The maximum atomic E-state index is 12.6. The number of carboxylic acids is 1. The average molecular weight is 297 g/mol. The summed E-state index contributed by atoms with van der Waals surface area (Å²) in [5, 5.41) is 22.0. The minimum Gasteiger partial charge on any atom is -0.481 e. The zero-order chi connectivity index (χ0) is 15.5. The number of nitrogens with one attached hydrogen (secondary N) is 1. The lowest BCUT2D eigenvalue weighted by molar-refractivity contribution is -0.146. The van der Waals surface area contributed by atoms with E-state index in [1.165, 1.54) is 0 Å². The van der Waals surface area contributed by atoms with Crippen LogP contribution >= 0.6 is 0 Å². The van der Waals surface area contributed by atoms with Crippen molar-refractivity contribution in [3.8, 4) is 0 Å². The minimum atomic E-state index is -0.868. The van der Waals surface area contributed by atoms with Crippen LogP contribution in [0.15, 0.2) is 0 Å². The van der Waals surface area contributed by atoms with Crippen LogP contribution < -0.4 is 5.32 Å². The molecule has 21 heavy (non-hydrogen) atoms. The number of hydrogen-bond acceptors (Lipinski definition) is 3. The van der Waals surface area contributed by atoms with E-state index in [-0.39, 0.29) is 12.5 Å². The highest BCUT2D eigenvalue weighted by Gasteiger charge is 2.44. The van der Waals surface area contributed by atoms with E-state index in [1.54, 1.807) is 0 Å². The Bertz CT molecular complexity index is 390. The van der Waals surface area contributed by atoms with E-state index in [1.807, 2.05) is 6.92 Å². The van der Waals surface area contributed by atoms with Gasteiger partial charge in [-0.15, -0.1) is 0 Å². The summed E-state index contributed by atoms with van der Waals surface area (Å²) in [5.41, 5.74) is -0.525. The van der Waals surface area contributed by atoms with Gasteiger partial charge in [-0.3, -0.25) is 9.59 Å². The molecular formula is C16H27NO4. The SMILES string of the molecule is CCC1CC(C(=O)O)C(C(=O)NC2(CO)CCCCC2)C1. The van der Waals surface area contributed by atoms with Gasteiger partial charge in [-0.1, -0.05) is 32.6 Å². The van der Waals surface area contributed by atoms with Crippen molar-refractivity contribution >= 4 is 11.9 Å². The zero-order valence-electron chi connectivity index (χ0n) is 12.8. The molecule has 5 nitrogen and oxygen atoms in total. The van der Waals surface area contributed by atoms with E-state index in [4.69, 9.17) is 0 Å². The lowest BCUT2D eigenvalue weighted by Crippen LogP contribution is -2.54. The third-order valence-corrected chi connectivity index (χ3v) is 5.39. The Hall–Kier alpha value is -1.10. The van der Waals surface area contributed by atoms with Gasteiger partial charge in [-0.05, 0) is 31.6 Å². The summed E-state index contributed by atoms with van der Waals surface area (Å²) in [6, 6.07) is 0. The van der Waals surface area contributed by atoms with Gasteiger partial charge in [0.2, 0.25) is 5.91 Å². The van der Waals surface area contributed by atoms with Gasteiger partial charge in [-0.2, -0.15) is 0 Å². The number of hydrogen-bond donors (Lipinski definition) is 3. The molecule has 3 unspecified atom stereocenters. The molecule has 0 heterocycles. The number of carbonyl (C=O) groups excluding carboxylic acids is 1. The number of carboxylic acid groups (broad SMARTS) is 1. The fraction of sp³-hybridized carbons (Fsp3) is 0.875. The van der Waals surface area contributed by atoms with Crippen molar-refractivity contribution < 1.29 is 19.8 Å². The molecule has 2 aliphatic rings. The second kappa shape index (κ2) is 6.77. The van der Waals surface area contributed by atoms with Crippen LogP contribution in [0.2, 0.25) is 0 Å². The monoisotopic (exact) mass is 297 g/mol. The van der Waals surface area contributed by atoms with Gasteiger partial charge in [0.1, 0.15) is 0 Å². The van der Waals surface area contributed by atoms with E-state index in [0.717, 1.165) is 38.5 Å². The highest BCUT2D eigenvalue weighted by molar-refractivity contribution is 5.85. The summed E-state index contributed by atoms with van der Waals surface area (Å²) in [5.74, 6) is -1.74. The van der Waals surface area contributed by atoms with Gasteiger partial charge < -0.3 is 15.5 Å². The highest BCUT2D eigenvalue weighted by Crippen LogP contribution is 2.39. The van der Waals surface area contributed by atoms with Gasteiger partial charge in [0.15, 0.2) is 0 Å². The molecule has 0 aromatic carbocycles. The van der Waals surface area contributed by atoms with E-state index in [2.05, 4.69) is 5.32 Å². The molecule has 1 amide bonds. The average Bonchev–Trinajstić information content (AvgIpc) is 2.93. The predicted octanol–water partition coefficient (Wildman–Crippen LogP) is 1.93. The van der Waals surface area contributed by atoms with Crippen LogP contribution in [0, 0.1) is 17.8 Å². The summed E-state index contributed by atoms with van der Waals surface area (Å²) < 4.78 is 0. The molecule has 2 saturated carbocycles. The fourth-order valence-electron chi connectivity index (χ4n) is 3.94. The largest absolute Gasteiger partial charge is 0.481 e. The van der Waals surface area contributed by atoms with Crippen molar-refractivity contribution in [3.63, 3.8) is 0 Å². The first-order valence-corrected chi connectivity index (χ1v) is 8.17. The molecule has 0 radical (unpaired) electrons. The Morgan fingerprint density at radius 2 is 1.76 bits per heavy atom. The maximum Gasteiger partial charge on any atom is 0.307 e. The van der Waals surface area contributed by atoms with Gasteiger partial charge in [0.05, 0.1) is 24.0 Å². The van der Waals surface area contributed by atoms with E-state index >= 15 is 0 Å². The third-order valence-electron chi connectivity index (χ3n) is 5.39. The second-order valence-electron chi connectivity index (χ2n) is 6.79. The number of aliphatic carboxylic acids is 1. The first kappa shape index (κ1) is 16.3. The number of rotatable bonds is 5. The van der Waals surface area contributed by atoms with Crippen LogP contribution in [-0.2, 0) is 9.59 Å². The first-order chi connectivity index (χ1) is 10.0. The van der Waals surface area contributed by atoms with Crippen molar-refractivity contribution in [1.82, 2.24) is 5.32 Å². The molecule has 0 aliphatic heterocycles. The molecule has 2 fully saturated rings. The number of amides is 1. The quantitative estimate of drug-likeness (QED) is 0.723. The molecule has 3 N–H and O–H groups in total. The van der Waals surface area contributed by atoms with Crippen LogP contribution in [-0.4, -0.2) is 34.2 Å². The van der Waals surface area contributed by atoms with Crippen molar-refractivity contribution in [2.75, 3.05) is 6.61 Å². The first-order valence-electron chi connectivity index (χ1n) is 8.17. The summed E-state index contributed by atoms with van der Waals surface area (Å²) in [6.07, 6.45) is 6.89. The standard InChI is InChI=1S/C16H27NO4/c1-2-11-8-12(13(9-11)15(20)21)14(19)17-16(10-18)6-4-3-5-7-16/h11-13,18H,2-10H2,1H3,(H,17,19)(H,20,21). The predicted molar refractivity (Wildman–Crippen MR) is 78.7 cm³/mol. The molecule has 120 valence electrons. The molecule has 2 rings (SSSR count). The molecule has 0 saturated heterocycles. The van der Waals surface area contributed by atoms with Crippen LogP contribution in [0.4, 0.5) is 0 Å². The molecule has 3 atom stereocenters. The third kappa shape index (κ3) is 3.57. The highest BCUT2D eigenvalue weighted by atomic mass is 16.4. The zero-order valence-corrected chi connectivity index (χ0v) is 12.8. The van der Waals surface area contributed by atoms with Gasteiger partial charge in [0.25, 0.3) is 0 Å². The molecule has 0 bridgehead atoms. The lowest BCUT2D eigenvalue weighted by Gasteiger charge is -2.37. The second-order valence-corrected chi connectivity index (χ2v) is 6.79. The number of aliphatic hydroxyl groups excluding tert-OH is 1. The van der Waals surface area contributed by atoms with Gasteiger partial charge in [0, 0.05) is 0 Å². The molecule has 5 heteroatoms. The van der Waals surface area contributed by atoms with Crippen LogP contribution in [0.25, 0.3) is 0 Å². The van der Waals surface area contributed by atoms with Crippen LogP contribution in [0.5, 0.6) is 0 Å². The Labute approximate surface area is 126 Å². The summed E-state index contributed by atoms with van der Waals surface area (Å²) in [7, 11) is 0. The topological polar surface area (TPSA) is 86.6 Å². The van der Waals surface area contributed by atoms with Gasteiger partial charge in [-0.25, -0.2) is 0 Å². The smallest absolute Gasteiger partial charge is 0.307 e. The number of carbonyl (C=O) groups is 2. The molecular weight excluding hydrogens is 270 g/mol. The summed E-state index contributed by atoms with van der Waals surface area (Å²) >= 11 is 0. The normalized spacial score (nSPS) is 31.8. The maximum absolute atomic E-state index is 12.6. The minimum absolute atomic E-state index is 0.0552. The fourth-order valence-corrected chi connectivity index (χ4v) is 3.94. The molecule has 0 aromatic rings. The van der Waals surface area contributed by atoms with Crippen molar-refractivity contribution in [3.05, 3.63) is 0 Å². The van der Waals surface area contributed by atoms with Crippen LogP contribution in [0.1, 0.15) is 58.3 Å². The summed E-state index contributed by atoms with van der Waals surface area (Å²) in [4.78, 5) is 24.0. The summed E-state index contributed by atoms with van der Waals surface area (Å²) in [6.45, 7) is 1.99. The number of aliphatic hydroxyl groups is 1. The van der Waals surface area contributed by atoms with E-state index in [9.17, 15) is 19.8 Å². The van der Waals surface area contributed by atoms with Gasteiger partial charge >= 0.3 is 5.97 Å². The molecule has 2 aliphatic carbocycles. The Balaban J connectivity index is 2.05. The van der Waals surface area contributed by atoms with Crippen molar-refractivity contribution in [2.45, 2.75) is 63.8 Å². The Kier molecular flexibility index (Phi) is 5.25. The molecule has 0 spiro atoms. The lowest BCUT2D eigenvalue weighted by atomic mass is 9.81. The Morgan fingerprint density at radius 1 is 1.14 bits per heavy atom. The van der Waals surface area contributed by atoms with Crippen molar-refractivity contribution in [1.29, 1.82) is 0 Å². The Morgan fingerprint density at radius 3 is 2.29 bits per heavy atom. The van der Waals surface area contributed by atoms with Crippen molar-refractivity contribution in [2.24, 2.45) is 17.8 Å². The van der Waals surface area contributed by atoms with E-state index in [0.29, 0.717) is 18.8 Å². The van der Waals surface area contributed by atoms with E-state index < -0.39 is 23.3 Å². The van der Waals surface area contributed by atoms with Crippen LogP contribution in [0.3, 0.4) is 0 Å².